The van der Waals surface area contributed by atoms with Crippen LogP contribution in [0.2, 0.25) is 0 Å². The second-order valence-corrected chi connectivity index (χ2v) is 8.08. The Kier molecular flexibility index (Phi) is 4.75. The number of amides is 2. The van der Waals surface area contributed by atoms with E-state index < -0.39 is 0 Å². The number of rotatable bonds is 2. The molecular formula is C19H28N6O2. The molecule has 8 nitrogen and oxygen atoms in total. The van der Waals surface area contributed by atoms with E-state index in [1.54, 1.807) is 6.20 Å². The van der Waals surface area contributed by atoms with Gasteiger partial charge in [0, 0.05) is 57.4 Å². The Morgan fingerprint density at radius 1 is 1.11 bits per heavy atom. The number of likely N-dealkylation sites (N-methyl/N-ethyl adjacent to an activating group) is 1. The fraction of sp³-hybridized carbons (Fsp3) is 0.684. The number of hydrogen-bond donors (Lipinski definition) is 1. The number of nitrogens with one attached hydrogen (secondary N) is 1. The van der Waals surface area contributed by atoms with Crippen LogP contribution in [0.15, 0.2) is 6.20 Å². The van der Waals surface area contributed by atoms with Gasteiger partial charge in [-0.25, -0.2) is 9.97 Å². The van der Waals surface area contributed by atoms with E-state index in [0.717, 1.165) is 51.1 Å². The molecule has 0 atom stereocenters. The third-order valence-electron chi connectivity index (χ3n) is 6.23. The average molecular weight is 372 g/mol. The molecule has 1 N–H and O–H groups in total. The van der Waals surface area contributed by atoms with Crippen LogP contribution >= 0.6 is 0 Å². The van der Waals surface area contributed by atoms with Crippen molar-refractivity contribution < 1.29 is 9.59 Å². The number of hydrogen-bond acceptors (Lipinski definition) is 6. The summed E-state index contributed by atoms with van der Waals surface area (Å²) in [4.78, 5) is 39.9. The Morgan fingerprint density at radius 2 is 1.81 bits per heavy atom. The summed E-state index contributed by atoms with van der Waals surface area (Å²) in [5, 5.41) is 3.12. The Morgan fingerprint density at radius 3 is 2.41 bits per heavy atom. The zero-order chi connectivity index (χ0) is 19.0. The van der Waals surface area contributed by atoms with Crippen LogP contribution in [-0.4, -0.2) is 83.4 Å². The van der Waals surface area contributed by atoms with Crippen molar-refractivity contribution in [2.45, 2.75) is 38.1 Å². The van der Waals surface area contributed by atoms with Gasteiger partial charge in [-0.3, -0.25) is 9.59 Å². The molecule has 0 saturated carbocycles. The number of carbonyl (C=O) groups excluding carboxylic acids is 2. The molecule has 4 heterocycles. The molecule has 0 aromatic carbocycles. The third kappa shape index (κ3) is 3.63. The van der Waals surface area contributed by atoms with Crippen molar-refractivity contribution >= 4 is 17.8 Å². The van der Waals surface area contributed by atoms with Crippen LogP contribution in [-0.2, 0) is 4.79 Å². The fourth-order valence-electron chi connectivity index (χ4n) is 4.28. The molecule has 0 radical (unpaired) electrons. The van der Waals surface area contributed by atoms with E-state index in [1.807, 2.05) is 11.8 Å². The van der Waals surface area contributed by atoms with Crippen LogP contribution in [0.25, 0.3) is 0 Å². The molecule has 2 amide bonds. The molecule has 3 aliphatic heterocycles. The summed E-state index contributed by atoms with van der Waals surface area (Å²) >= 11 is 0. The van der Waals surface area contributed by atoms with E-state index in [9.17, 15) is 9.59 Å². The normalized spacial score (nSPS) is 23.0. The summed E-state index contributed by atoms with van der Waals surface area (Å²) in [5.41, 5.74) is 1.22. The number of anilines is 1. The third-order valence-corrected chi connectivity index (χ3v) is 6.23. The van der Waals surface area contributed by atoms with Crippen LogP contribution in [0, 0.1) is 6.92 Å². The summed E-state index contributed by atoms with van der Waals surface area (Å²) in [5.74, 6) is 0.846. The van der Waals surface area contributed by atoms with Crippen LogP contribution in [0.5, 0.6) is 0 Å². The highest BCUT2D eigenvalue weighted by atomic mass is 16.2. The van der Waals surface area contributed by atoms with Gasteiger partial charge in [0.2, 0.25) is 11.9 Å². The standard InChI is InChI=1S/C19H28N6O2/c1-14-15(13-20-18(21-14)25-11-9-23(2)10-12-25)17(27)24-7-5-19(6-8-24)4-3-16(26)22-19/h13H,3-12H2,1-2H3,(H,22,26). The SMILES string of the molecule is Cc1nc(N2CCN(C)CC2)ncc1C(=O)N1CCC2(CCC(=O)N2)CC1. The van der Waals surface area contributed by atoms with Gasteiger partial charge in [-0.15, -0.1) is 0 Å². The highest BCUT2D eigenvalue weighted by Gasteiger charge is 2.41. The lowest BCUT2D eigenvalue weighted by Gasteiger charge is -2.39. The highest BCUT2D eigenvalue weighted by Crippen LogP contribution is 2.32. The number of aryl methyl sites for hydroxylation is 1. The molecule has 0 aliphatic carbocycles. The van der Waals surface area contributed by atoms with Gasteiger partial charge in [0.25, 0.3) is 5.91 Å². The summed E-state index contributed by atoms with van der Waals surface area (Å²) in [6.45, 7) is 7.02. The van der Waals surface area contributed by atoms with E-state index >= 15 is 0 Å². The van der Waals surface area contributed by atoms with Crippen LogP contribution < -0.4 is 10.2 Å². The number of aromatic nitrogens is 2. The van der Waals surface area contributed by atoms with E-state index in [4.69, 9.17) is 0 Å². The number of piperidine rings is 1. The first kappa shape index (κ1) is 18.2. The lowest BCUT2D eigenvalue weighted by molar-refractivity contribution is -0.120. The molecule has 4 rings (SSSR count). The average Bonchev–Trinajstić information content (AvgIpc) is 3.02. The highest BCUT2D eigenvalue weighted by molar-refractivity contribution is 5.95. The van der Waals surface area contributed by atoms with Crippen molar-refractivity contribution in [3.05, 3.63) is 17.5 Å². The van der Waals surface area contributed by atoms with Gasteiger partial charge in [0.15, 0.2) is 0 Å². The van der Waals surface area contributed by atoms with Crippen molar-refractivity contribution in [1.29, 1.82) is 0 Å². The first-order valence-corrected chi connectivity index (χ1v) is 9.83. The van der Waals surface area contributed by atoms with Crippen LogP contribution in [0.4, 0.5) is 5.95 Å². The van der Waals surface area contributed by atoms with Crippen LogP contribution in [0.3, 0.4) is 0 Å². The van der Waals surface area contributed by atoms with Crippen LogP contribution in [0.1, 0.15) is 41.7 Å². The van der Waals surface area contributed by atoms with Gasteiger partial charge >= 0.3 is 0 Å². The molecule has 0 unspecified atom stereocenters. The van der Waals surface area contributed by atoms with Gasteiger partial charge in [-0.1, -0.05) is 0 Å². The summed E-state index contributed by atoms with van der Waals surface area (Å²) in [7, 11) is 2.12. The van der Waals surface area contributed by atoms with Gasteiger partial charge in [0.05, 0.1) is 11.3 Å². The monoisotopic (exact) mass is 372 g/mol. The van der Waals surface area contributed by atoms with Crippen molar-refractivity contribution in [3.63, 3.8) is 0 Å². The molecule has 27 heavy (non-hydrogen) atoms. The predicted octanol–water partition coefficient (Wildman–Crippen LogP) is 0.422. The van der Waals surface area contributed by atoms with Gasteiger partial charge in [0.1, 0.15) is 0 Å². The molecule has 3 aliphatic rings. The maximum atomic E-state index is 13.0. The Hall–Kier alpha value is -2.22. The lowest BCUT2D eigenvalue weighted by atomic mass is 9.86. The molecule has 3 saturated heterocycles. The molecule has 1 spiro atoms. The lowest BCUT2D eigenvalue weighted by Crippen LogP contribution is -2.52. The smallest absolute Gasteiger partial charge is 0.257 e. The molecule has 0 bridgehead atoms. The van der Waals surface area contributed by atoms with Crippen molar-refractivity contribution in [3.8, 4) is 0 Å². The quantitative estimate of drug-likeness (QED) is 0.810. The predicted molar refractivity (Wildman–Crippen MR) is 102 cm³/mol. The fourth-order valence-corrected chi connectivity index (χ4v) is 4.28. The number of nitrogens with zero attached hydrogens (tertiary/aromatic N) is 5. The summed E-state index contributed by atoms with van der Waals surface area (Å²) in [6.07, 6.45) is 4.82. The molecule has 1 aromatic rings. The summed E-state index contributed by atoms with van der Waals surface area (Å²) < 4.78 is 0. The Bertz CT molecular complexity index is 736. The minimum atomic E-state index is -0.0926. The first-order chi connectivity index (χ1) is 13.0. The van der Waals surface area contributed by atoms with E-state index in [1.165, 1.54) is 0 Å². The zero-order valence-corrected chi connectivity index (χ0v) is 16.2. The topological polar surface area (TPSA) is 81.7 Å². The first-order valence-electron chi connectivity index (χ1n) is 9.83. The molecule has 3 fully saturated rings. The largest absolute Gasteiger partial charge is 0.351 e. The second kappa shape index (κ2) is 7.07. The molecule has 8 heteroatoms. The Labute approximate surface area is 159 Å². The molecule has 146 valence electrons. The number of piperazine rings is 1. The minimum Gasteiger partial charge on any atom is -0.351 e. The van der Waals surface area contributed by atoms with Gasteiger partial charge in [-0.05, 0) is 33.2 Å². The molecular weight excluding hydrogens is 344 g/mol. The number of likely N-dealkylation sites (tertiary alicyclic amines) is 1. The summed E-state index contributed by atoms with van der Waals surface area (Å²) in [6, 6.07) is 0. The van der Waals surface area contributed by atoms with E-state index in [2.05, 4.69) is 32.1 Å². The van der Waals surface area contributed by atoms with Gasteiger partial charge in [-0.2, -0.15) is 0 Å². The maximum absolute atomic E-state index is 13.0. The van der Waals surface area contributed by atoms with Crippen molar-refractivity contribution in [2.75, 3.05) is 51.2 Å². The van der Waals surface area contributed by atoms with E-state index in [-0.39, 0.29) is 17.4 Å². The number of carbonyl (C=O) groups is 2. The van der Waals surface area contributed by atoms with Gasteiger partial charge < -0.3 is 20.0 Å². The van der Waals surface area contributed by atoms with Crippen molar-refractivity contribution in [2.24, 2.45) is 0 Å². The van der Waals surface area contributed by atoms with Crippen molar-refractivity contribution in [1.82, 2.24) is 25.1 Å². The second-order valence-electron chi connectivity index (χ2n) is 8.08. The van der Waals surface area contributed by atoms with E-state index in [0.29, 0.717) is 31.0 Å². The Balaban J connectivity index is 1.41. The minimum absolute atomic E-state index is 0.00315. The molecule has 1 aromatic heterocycles. The maximum Gasteiger partial charge on any atom is 0.257 e. The zero-order valence-electron chi connectivity index (χ0n) is 16.2.